The van der Waals surface area contributed by atoms with Gasteiger partial charge in [0.25, 0.3) is 0 Å². The van der Waals surface area contributed by atoms with E-state index in [0.29, 0.717) is 36.7 Å². The fraction of sp³-hybridized carbons (Fsp3) is 0.263. The van der Waals surface area contributed by atoms with Gasteiger partial charge in [-0.15, -0.1) is 0 Å². The van der Waals surface area contributed by atoms with Crippen LogP contribution in [0.2, 0.25) is 0 Å². The number of amides is 2. The summed E-state index contributed by atoms with van der Waals surface area (Å²) in [6, 6.07) is 13.2. The van der Waals surface area contributed by atoms with Gasteiger partial charge < -0.3 is 15.0 Å². The van der Waals surface area contributed by atoms with Gasteiger partial charge in [0.05, 0.1) is 18.7 Å². The molecule has 2 amide bonds. The number of aryl methyl sites for hydroxylation is 1. The number of carbonyl (C=O) groups is 2. The molecule has 0 atom stereocenters. The van der Waals surface area contributed by atoms with Crippen LogP contribution >= 0.6 is 0 Å². The van der Waals surface area contributed by atoms with E-state index in [9.17, 15) is 9.59 Å². The van der Waals surface area contributed by atoms with Crippen molar-refractivity contribution in [2.75, 3.05) is 23.4 Å². The van der Waals surface area contributed by atoms with E-state index in [2.05, 4.69) is 5.32 Å². The lowest BCUT2D eigenvalue weighted by molar-refractivity contribution is -0.117. The molecule has 0 spiro atoms. The number of benzene rings is 2. The summed E-state index contributed by atoms with van der Waals surface area (Å²) in [6.45, 7) is 4.51. The molecule has 0 aromatic heterocycles. The van der Waals surface area contributed by atoms with Crippen molar-refractivity contribution < 1.29 is 14.3 Å². The lowest BCUT2D eigenvalue weighted by atomic mass is 10.1. The number of fused-ring (bicyclic) bond motifs is 1. The molecule has 5 nitrogen and oxygen atoms in total. The maximum Gasteiger partial charge on any atom is 0.228 e. The summed E-state index contributed by atoms with van der Waals surface area (Å²) in [4.78, 5) is 25.7. The molecule has 24 heavy (non-hydrogen) atoms. The second-order valence-electron chi connectivity index (χ2n) is 5.85. The average Bonchev–Trinajstić information content (AvgIpc) is 2.56. The zero-order valence-corrected chi connectivity index (χ0v) is 13.8. The molecule has 0 radical (unpaired) electrons. The lowest BCUT2D eigenvalue weighted by Gasteiger charge is -2.29. The number of rotatable bonds is 3. The zero-order chi connectivity index (χ0) is 17.1. The lowest BCUT2D eigenvalue weighted by Crippen LogP contribution is -2.36. The second kappa shape index (κ2) is 6.74. The minimum Gasteiger partial charge on any atom is -0.490 e. The Bertz CT molecular complexity index is 786. The molecule has 1 aliphatic rings. The van der Waals surface area contributed by atoms with E-state index < -0.39 is 0 Å². The molecule has 0 saturated heterocycles. The first-order chi connectivity index (χ1) is 11.5. The highest BCUT2D eigenvalue weighted by molar-refractivity contribution is 5.97. The Balaban J connectivity index is 1.76. The van der Waals surface area contributed by atoms with Gasteiger partial charge in [0, 0.05) is 12.6 Å². The molecule has 124 valence electrons. The van der Waals surface area contributed by atoms with Gasteiger partial charge in [0.15, 0.2) is 0 Å². The SMILES string of the molecule is CC(=O)N1CCOc2ccc(NC(=O)Cc3ccccc3C)cc21. The third-order valence-electron chi connectivity index (χ3n) is 4.10. The summed E-state index contributed by atoms with van der Waals surface area (Å²) in [5.74, 6) is 0.534. The Morgan fingerprint density at radius 1 is 1.21 bits per heavy atom. The standard InChI is InChI=1S/C19H20N2O3/c1-13-5-3-4-6-15(13)11-19(23)20-16-7-8-18-17(12-16)21(14(2)22)9-10-24-18/h3-8,12H,9-11H2,1-2H3,(H,20,23). The Hall–Kier alpha value is -2.82. The number of nitrogens with zero attached hydrogens (tertiary/aromatic N) is 1. The fourth-order valence-corrected chi connectivity index (χ4v) is 2.81. The van der Waals surface area contributed by atoms with E-state index in [4.69, 9.17) is 4.74 Å². The number of hydrogen-bond donors (Lipinski definition) is 1. The fourth-order valence-electron chi connectivity index (χ4n) is 2.81. The van der Waals surface area contributed by atoms with Crippen molar-refractivity contribution in [3.8, 4) is 5.75 Å². The van der Waals surface area contributed by atoms with Crippen LogP contribution in [-0.4, -0.2) is 25.0 Å². The van der Waals surface area contributed by atoms with Gasteiger partial charge in [-0.2, -0.15) is 0 Å². The summed E-state index contributed by atoms with van der Waals surface area (Å²) >= 11 is 0. The van der Waals surface area contributed by atoms with Crippen LogP contribution in [0.4, 0.5) is 11.4 Å². The molecule has 5 heteroatoms. The molecule has 1 aliphatic heterocycles. The van der Waals surface area contributed by atoms with Crippen molar-refractivity contribution in [3.05, 3.63) is 53.6 Å². The maximum atomic E-state index is 12.3. The Labute approximate surface area is 141 Å². The molecule has 2 aromatic carbocycles. The molecule has 1 N–H and O–H groups in total. The summed E-state index contributed by atoms with van der Waals surface area (Å²) < 4.78 is 5.57. The topological polar surface area (TPSA) is 58.6 Å². The number of hydrogen-bond acceptors (Lipinski definition) is 3. The van der Waals surface area contributed by atoms with E-state index in [1.807, 2.05) is 31.2 Å². The van der Waals surface area contributed by atoms with Crippen LogP contribution in [0.25, 0.3) is 0 Å². The summed E-state index contributed by atoms with van der Waals surface area (Å²) in [7, 11) is 0. The Morgan fingerprint density at radius 3 is 2.75 bits per heavy atom. The van der Waals surface area contributed by atoms with Crippen LogP contribution in [0.15, 0.2) is 42.5 Å². The molecule has 0 fully saturated rings. The van der Waals surface area contributed by atoms with Crippen molar-refractivity contribution in [3.63, 3.8) is 0 Å². The van der Waals surface area contributed by atoms with Crippen molar-refractivity contribution >= 4 is 23.2 Å². The molecule has 0 unspecified atom stereocenters. The minimum absolute atomic E-state index is 0.0389. The Morgan fingerprint density at radius 2 is 2.00 bits per heavy atom. The number of carbonyl (C=O) groups excluding carboxylic acids is 2. The van der Waals surface area contributed by atoms with E-state index in [-0.39, 0.29) is 11.8 Å². The highest BCUT2D eigenvalue weighted by atomic mass is 16.5. The van der Waals surface area contributed by atoms with Gasteiger partial charge >= 0.3 is 0 Å². The average molecular weight is 324 g/mol. The highest BCUT2D eigenvalue weighted by Crippen LogP contribution is 2.34. The molecule has 0 saturated carbocycles. The Kier molecular flexibility index (Phi) is 4.51. The quantitative estimate of drug-likeness (QED) is 0.944. The van der Waals surface area contributed by atoms with E-state index >= 15 is 0 Å². The summed E-state index contributed by atoms with van der Waals surface area (Å²) in [5, 5.41) is 2.89. The van der Waals surface area contributed by atoms with Crippen molar-refractivity contribution in [2.24, 2.45) is 0 Å². The van der Waals surface area contributed by atoms with Crippen LogP contribution in [0.5, 0.6) is 5.75 Å². The van der Waals surface area contributed by atoms with Crippen molar-refractivity contribution in [2.45, 2.75) is 20.3 Å². The smallest absolute Gasteiger partial charge is 0.228 e. The molecule has 0 bridgehead atoms. The van der Waals surface area contributed by atoms with Crippen LogP contribution in [0.3, 0.4) is 0 Å². The third kappa shape index (κ3) is 3.40. The number of nitrogens with one attached hydrogen (secondary N) is 1. The van der Waals surface area contributed by atoms with Crippen molar-refractivity contribution in [1.82, 2.24) is 0 Å². The normalized spacial score (nSPS) is 13.0. The van der Waals surface area contributed by atoms with Gasteiger partial charge in [-0.05, 0) is 36.2 Å². The van der Waals surface area contributed by atoms with E-state index in [1.54, 1.807) is 23.1 Å². The van der Waals surface area contributed by atoms with Crippen LogP contribution in [0, 0.1) is 6.92 Å². The third-order valence-corrected chi connectivity index (χ3v) is 4.10. The van der Waals surface area contributed by atoms with Crippen molar-refractivity contribution in [1.29, 1.82) is 0 Å². The van der Waals surface area contributed by atoms with Crippen LogP contribution in [0.1, 0.15) is 18.1 Å². The highest BCUT2D eigenvalue weighted by Gasteiger charge is 2.21. The van der Waals surface area contributed by atoms with Crippen LogP contribution in [-0.2, 0) is 16.0 Å². The van der Waals surface area contributed by atoms with Gasteiger partial charge in [-0.1, -0.05) is 24.3 Å². The van der Waals surface area contributed by atoms with Gasteiger partial charge in [0.2, 0.25) is 11.8 Å². The monoisotopic (exact) mass is 324 g/mol. The first-order valence-electron chi connectivity index (χ1n) is 7.94. The summed E-state index contributed by atoms with van der Waals surface area (Å²) in [6.07, 6.45) is 0.316. The first-order valence-corrected chi connectivity index (χ1v) is 7.94. The molecular formula is C19H20N2O3. The zero-order valence-electron chi connectivity index (χ0n) is 13.8. The van der Waals surface area contributed by atoms with E-state index in [0.717, 1.165) is 11.1 Å². The predicted molar refractivity (Wildman–Crippen MR) is 93.5 cm³/mol. The maximum absolute atomic E-state index is 12.3. The molecule has 3 rings (SSSR count). The van der Waals surface area contributed by atoms with E-state index in [1.165, 1.54) is 6.92 Å². The minimum atomic E-state index is -0.0876. The van der Waals surface area contributed by atoms with Gasteiger partial charge in [-0.25, -0.2) is 0 Å². The first kappa shape index (κ1) is 16.1. The van der Waals surface area contributed by atoms with Gasteiger partial charge in [-0.3, -0.25) is 9.59 Å². The largest absolute Gasteiger partial charge is 0.490 e. The predicted octanol–water partition coefficient (Wildman–Crippen LogP) is 2.92. The number of anilines is 2. The number of ether oxygens (including phenoxy) is 1. The molecule has 1 heterocycles. The summed E-state index contributed by atoms with van der Waals surface area (Å²) in [5.41, 5.74) is 3.45. The molecule has 2 aromatic rings. The van der Waals surface area contributed by atoms with Crippen LogP contribution < -0.4 is 15.0 Å². The van der Waals surface area contributed by atoms with Gasteiger partial charge in [0.1, 0.15) is 12.4 Å². The molecular weight excluding hydrogens is 304 g/mol. The second-order valence-corrected chi connectivity index (χ2v) is 5.85. The molecule has 0 aliphatic carbocycles.